The molecule has 1 aliphatic rings. The van der Waals surface area contributed by atoms with Gasteiger partial charge in [-0.1, -0.05) is 18.2 Å². The molecule has 3 nitrogen and oxygen atoms in total. The summed E-state index contributed by atoms with van der Waals surface area (Å²) < 4.78 is 13.9. The number of H-pyrrole nitrogens is 1. The zero-order chi connectivity index (χ0) is 18.6. The summed E-state index contributed by atoms with van der Waals surface area (Å²) in [6.07, 6.45) is 0.956. The van der Waals surface area contributed by atoms with Crippen LogP contribution in [0, 0.1) is 5.82 Å². The lowest BCUT2D eigenvalue weighted by Gasteiger charge is -2.32. The Bertz CT molecular complexity index is 885. The topological polar surface area (TPSA) is 22.3 Å². The molecule has 0 unspecified atom stereocenters. The van der Waals surface area contributed by atoms with Crippen molar-refractivity contribution in [3.05, 3.63) is 65.6 Å². The summed E-state index contributed by atoms with van der Waals surface area (Å²) >= 11 is 1.82. The number of piperazine rings is 1. The number of aromatic amines is 1. The van der Waals surface area contributed by atoms with E-state index in [1.54, 1.807) is 6.07 Å². The fraction of sp³-hybridized carbons (Fsp3) is 0.364. The maximum absolute atomic E-state index is 13.9. The van der Waals surface area contributed by atoms with Crippen LogP contribution < -0.4 is 0 Å². The van der Waals surface area contributed by atoms with Crippen molar-refractivity contribution in [3.8, 4) is 0 Å². The molecular formula is C22H26FN3S. The highest BCUT2D eigenvalue weighted by Crippen LogP contribution is 2.29. The Hall–Kier alpha value is -1.82. The number of likely N-dealkylation sites (N-methyl/N-ethyl adjacent to an activating group) is 1. The van der Waals surface area contributed by atoms with Crippen LogP contribution in [0.2, 0.25) is 0 Å². The number of halogens is 1. The monoisotopic (exact) mass is 383 g/mol. The zero-order valence-electron chi connectivity index (χ0n) is 15.7. The standard InChI is InChI=1S/C22H26FN3S/c1-25-11-13-26(14-12-25)10-9-19-20-15-17(23)7-8-21(20)24-22(19)16-27-18-5-3-2-4-6-18/h2-8,15,24H,9-14,16H2,1H3. The molecule has 1 fully saturated rings. The average Bonchev–Trinajstić information content (AvgIpc) is 3.03. The van der Waals surface area contributed by atoms with Gasteiger partial charge in [-0.25, -0.2) is 4.39 Å². The highest BCUT2D eigenvalue weighted by atomic mass is 32.2. The van der Waals surface area contributed by atoms with E-state index in [2.05, 4.69) is 46.1 Å². The van der Waals surface area contributed by atoms with Crippen molar-refractivity contribution < 1.29 is 4.39 Å². The number of fused-ring (bicyclic) bond motifs is 1. The van der Waals surface area contributed by atoms with Gasteiger partial charge in [-0.3, -0.25) is 0 Å². The van der Waals surface area contributed by atoms with E-state index in [9.17, 15) is 4.39 Å². The Labute approximate surface area is 164 Å². The van der Waals surface area contributed by atoms with Gasteiger partial charge in [0.2, 0.25) is 0 Å². The number of hydrogen-bond donors (Lipinski definition) is 1. The molecule has 1 aromatic heterocycles. The van der Waals surface area contributed by atoms with Crippen LogP contribution in [-0.2, 0) is 12.2 Å². The van der Waals surface area contributed by atoms with Crippen LogP contribution in [0.5, 0.6) is 0 Å². The first-order valence-electron chi connectivity index (χ1n) is 9.57. The predicted molar refractivity (Wildman–Crippen MR) is 112 cm³/mol. The summed E-state index contributed by atoms with van der Waals surface area (Å²) in [5.74, 6) is 0.711. The molecule has 3 aromatic rings. The smallest absolute Gasteiger partial charge is 0.123 e. The molecule has 0 aliphatic carbocycles. The second-order valence-corrected chi connectivity index (χ2v) is 8.32. The molecule has 4 rings (SSSR count). The molecule has 0 atom stereocenters. The maximum atomic E-state index is 13.9. The number of aromatic nitrogens is 1. The van der Waals surface area contributed by atoms with Gasteiger partial charge in [-0.15, -0.1) is 11.8 Å². The molecule has 0 radical (unpaired) electrons. The second kappa shape index (κ2) is 8.46. The highest BCUT2D eigenvalue weighted by Gasteiger charge is 2.17. The molecule has 2 aromatic carbocycles. The van der Waals surface area contributed by atoms with E-state index in [4.69, 9.17) is 0 Å². The Morgan fingerprint density at radius 2 is 1.81 bits per heavy atom. The number of hydrogen-bond acceptors (Lipinski definition) is 3. The predicted octanol–water partition coefficient (Wildman–Crippen LogP) is 4.39. The van der Waals surface area contributed by atoms with Crippen LogP contribution in [0.15, 0.2) is 53.4 Å². The van der Waals surface area contributed by atoms with E-state index in [1.165, 1.54) is 22.2 Å². The fourth-order valence-corrected chi connectivity index (χ4v) is 4.61. The number of thioether (sulfide) groups is 1. The first kappa shape index (κ1) is 18.5. The molecule has 0 spiro atoms. The van der Waals surface area contributed by atoms with Crippen molar-refractivity contribution in [1.82, 2.24) is 14.8 Å². The third kappa shape index (κ3) is 4.54. The van der Waals surface area contributed by atoms with E-state index in [0.717, 1.165) is 55.8 Å². The van der Waals surface area contributed by atoms with Gasteiger partial charge in [0.1, 0.15) is 5.82 Å². The van der Waals surface area contributed by atoms with Crippen LogP contribution in [0.3, 0.4) is 0 Å². The van der Waals surface area contributed by atoms with E-state index in [1.807, 2.05) is 23.9 Å². The first-order chi connectivity index (χ1) is 13.2. The SMILES string of the molecule is CN1CCN(CCc2c(CSc3ccccc3)[nH]c3ccc(F)cc23)CC1. The van der Waals surface area contributed by atoms with Crippen LogP contribution in [0.4, 0.5) is 4.39 Å². The molecule has 0 amide bonds. The van der Waals surface area contributed by atoms with Gasteiger partial charge in [0.25, 0.3) is 0 Å². The zero-order valence-corrected chi connectivity index (χ0v) is 16.6. The summed E-state index contributed by atoms with van der Waals surface area (Å²) in [4.78, 5) is 9.69. The van der Waals surface area contributed by atoms with Gasteiger partial charge in [-0.2, -0.15) is 0 Å². The summed E-state index contributed by atoms with van der Waals surface area (Å²) in [6.45, 7) is 5.50. The third-order valence-electron chi connectivity index (χ3n) is 5.36. The lowest BCUT2D eigenvalue weighted by molar-refractivity contribution is 0.155. The average molecular weight is 384 g/mol. The molecule has 142 valence electrons. The number of nitrogens with one attached hydrogen (secondary N) is 1. The molecule has 2 heterocycles. The van der Waals surface area contributed by atoms with Gasteiger partial charge in [-0.05, 0) is 49.4 Å². The highest BCUT2D eigenvalue weighted by molar-refractivity contribution is 7.98. The Kier molecular flexibility index (Phi) is 5.81. The van der Waals surface area contributed by atoms with Crippen molar-refractivity contribution in [2.45, 2.75) is 17.1 Å². The Morgan fingerprint density at radius 1 is 1.04 bits per heavy atom. The number of nitrogens with zero attached hydrogens (tertiary/aromatic N) is 2. The van der Waals surface area contributed by atoms with Crippen molar-refractivity contribution in [1.29, 1.82) is 0 Å². The van der Waals surface area contributed by atoms with E-state index < -0.39 is 0 Å². The van der Waals surface area contributed by atoms with Crippen molar-refractivity contribution in [2.75, 3.05) is 39.8 Å². The van der Waals surface area contributed by atoms with Crippen molar-refractivity contribution in [3.63, 3.8) is 0 Å². The van der Waals surface area contributed by atoms with Gasteiger partial charge >= 0.3 is 0 Å². The van der Waals surface area contributed by atoms with Crippen LogP contribution in [0.25, 0.3) is 10.9 Å². The minimum absolute atomic E-state index is 0.162. The summed E-state index contributed by atoms with van der Waals surface area (Å²) in [6, 6.07) is 15.5. The van der Waals surface area contributed by atoms with Crippen LogP contribution >= 0.6 is 11.8 Å². The van der Waals surface area contributed by atoms with Gasteiger partial charge in [0.15, 0.2) is 0 Å². The largest absolute Gasteiger partial charge is 0.357 e. The summed E-state index contributed by atoms with van der Waals surface area (Å²) in [7, 11) is 2.18. The Morgan fingerprint density at radius 3 is 2.59 bits per heavy atom. The van der Waals surface area contributed by atoms with Gasteiger partial charge in [0, 0.05) is 60.0 Å². The number of benzene rings is 2. The molecule has 0 bridgehead atoms. The lowest BCUT2D eigenvalue weighted by Crippen LogP contribution is -2.45. The van der Waals surface area contributed by atoms with Gasteiger partial charge in [0.05, 0.1) is 0 Å². The molecule has 5 heteroatoms. The second-order valence-electron chi connectivity index (χ2n) is 7.27. The summed E-state index contributed by atoms with van der Waals surface area (Å²) in [5, 5.41) is 1.03. The lowest BCUT2D eigenvalue weighted by atomic mass is 10.1. The minimum Gasteiger partial charge on any atom is -0.357 e. The van der Waals surface area contributed by atoms with Crippen LogP contribution in [-0.4, -0.2) is 54.6 Å². The van der Waals surface area contributed by atoms with E-state index >= 15 is 0 Å². The van der Waals surface area contributed by atoms with Crippen LogP contribution in [0.1, 0.15) is 11.3 Å². The fourth-order valence-electron chi connectivity index (χ4n) is 3.70. The Balaban J connectivity index is 1.53. The van der Waals surface area contributed by atoms with Crippen molar-refractivity contribution in [2.24, 2.45) is 0 Å². The maximum Gasteiger partial charge on any atom is 0.123 e. The molecule has 0 saturated carbocycles. The molecule has 1 aliphatic heterocycles. The summed E-state index contributed by atoms with van der Waals surface area (Å²) in [5.41, 5.74) is 3.53. The van der Waals surface area contributed by atoms with E-state index in [-0.39, 0.29) is 5.82 Å². The van der Waals surface area contributed by atoms with E-state index in [0.29, 0.717) is 0 Å². The third-order valence-corrected chi connectivity index (χ3v) is 6.40. The minimum atomic E-state index is -0.162. The molecular weight excluding hydrogens is 357 g/mol. The first-order valence-corrected chi connectivity index (χ1v) is 10.6. The number of rotatable bonds is 6. The molecule has 1 saturated heterocycles. The normalized spacial score (nSPS) is 16.2. The molecule has 27 heavy (non-hydrogen) atoms. The molecule has 1 N–H and O–H groups in total. The van der Waals surface area contributed by atoms with Crippen molar-refractivity contribution >= 4 is 22.7 Å². The van der Waals surface area contributed by atoms with Gasteiger partial charge < -0.3 is 14.8 Å². The quantitative estimate of drug-likeness (QED) is 0.638.